The molecule has 0 radical (unpaired) electrons. The average molecular weight is 227 g/mol. The van der Waals surface area contributed by atoms with Crippen molar-refractivity contribution in [2.75, 3.05) is 6.54 Å². The number of aliphatic carboxylic acids is 1. The van der Waals surface area contributed by atoms with Crippen LogP contribution in [-0.2, 0) is 4.79 Å². The minimum Gasteiger partial charge on any atom is -0.481 e. The van der Waals surface area contributed by atoms with Gasteiger partial charge < -0.3 is 10.4 Å². The maximum Gasteiger partial charge on any atom is 0.309 e. The van der Waals surface area contributed by atoms with Gasteiger partial charge in [-0.25, -0.2) is 0 Å². The number of carbonyl (C=O) groups is 1. The van der Waals surface area contributed by atoms with Crippen LogP contribution in [0.3, 0.4) is 0 Å². The van der Waals surface area contributed by atoms with E-state index in [2.05, 4.69) is 12.2 Å². The van der Waals surface area contributed by atoms with Crippen molar-refractivity contribution in [3.63, 3.8) is 0 Å². The molecule has 2 N–H and O–H groups in total. The lowest BCUT2D eigenvalue weighted by Crippen LogP contribution is -2.39. The number of nitrogens with one attached hydrogen (secondary N) is 1. The molecule has 0 saturated heterocycles. The first kappa shape index (κ1) is 13.5. The van der Waals surface area contributed by atoms with E-state index in [1.54, 1.807) is 13.8 Å². The van der Waals surface area contributed by atoms with Crippen molar-refractivity contribution in [2.24, 2.45) is 11.3 Å². The van der Waals surface area contributed by atoms with Crippen molar-refractivity contribution in [1.29, 1.82) is 0 Å². The van der Waals surface area contributed by atoms with Crippen LogP contribution >= 0.6 is 0 Å². The molecule has 1 aliphatic rings. The monoisotopic (exact) mass is 227 g/mol. The van der Waals surface area contributed by atoms with E-state index in [-0.39, 0.29) is 0 Å². The number of carboxylic acids is 1. The molecule has 0 amide bonds. The minimum absolute atomic E-state index is 0.596. The van der Waals surface area contributed by atoms with E-state index in [9.17, 15) is 4.79 Å². The van der Waals surface area contributed by atoms with Crippen LogP contribution in [0.4, 0.5) is 0 Å². The molecule has 0 aromatic carbocycles. The Labute approximate surface area is 98.6 Å². The molecule has 0 heterocycles. The third-order valence-electron chi connectivity index (χ3n) is 3.85. The highest BCUT2D eigenvalue weighted by Gasteiger charge is 2.27. The normalized spacial score (nSPS) is 26.7. The van der Waals surface area contributed by atoms with E-state index >= 15 is 0 Å². The van der Waals surface area contributed by atoms with Crippen molar-refractivity contribution in [1.82, 2.24) is 5.32 Å². The third kappa shape index (κ3) is 3.78. The summed E-state index contributed by atoms with van der Waals surface area (Å²) in [6.45, 7) is 6.69. The van der Waals surface area contributed by atoms with E-state index in [4.69, 9.17) is 5.11 Å². The van der Waals surface area contributed by atoms with Crippen LogP contribution in [-0.4, -0.2) is 23.7 Å². The van der Waals surface area contributed by atoms with Crippen LogP contribution in [0.2, 0.25) is 0 Å². The molecule has 0 aromatic rings. The molecule has 0 aromatic heterocycles. The van der Waals surface area contributed by atoms with Crippen LogP contribution < -0.4 is 5.32 Å². The van der Waals surface area contributed by atoms with E-state index in [1.807, 2.05) is 0 Å². The van der Waals surface area contributed by atoms with Gasteiger partial charge in [-0.15, -0.1) is 0 Å². The molecule has 0 bridgehead atoms. The van der Waals surface area contributed by atoms with Crippen molar-refractivity contribution in [3.8, 4) is 0 Å². The Hall–Kier alpha value is -0.570. The molecule has 94 valence electrons. The van der Waals surface area contributed by atoms with Gasteiger partial charge in [0.25, 0.3) is 0 Å². The van der Waals surface area contributed by atoms with E-state index < -0.39 is 11.4 Å². The zero-order chi connectivity index (χ0) is 12.2. The van der Waals surface area contributed by atoms with Gasteiger partial charge in [-0.05, 0) is 45.6 Å². The Bertz CT molecular complexity index is 238. The molecule has 1 rings (SSSR count). The van der Waals surface area contributed by atoms with Crippen LogP contribution in [0.25, 0.3) is 0 Å². The van der Waals surface area contributed by atoms with Gasteiger partial charge in [0.05, 0.1) is 5.41 Å². The standard InChI is InChI=1S/C13H25NO2/c1-10-6-4-5-7-11(10)14-9-8-13(2,3)12(15)16/h10-11,14H,4-9H2,1-3H3,(H,15,16). The summed E-state index contributed by atoms with van der Waals surface area (Å²) in [6.07, 6.45) is 5.91. The first-order chi connectivity index (χ1) is 7.43. The summed E-state index contributed by atoms with van der Waals surface area (Å²) in [6, 6.07) is 0.596. The zero-order valence-corrected chi connectivity index (χ0v) is 10.8. The summed E-state index contributed by atoms with van der Waals surface area (Å²) < 4.78 is 0. The lowest BCUT2D eigenvalue weighted by molar-refractivity contribution is -0.147. The smallest absolute Gasteiger partial charge is 0.309 e. The molecule has 2 atom stereocenters. The fourth-order valence-corrected chi connectivity index (χ4v) is 2.30. The topological polar surface area (TPSA) is 49.3 Å². The molecular weight excluding hydrogens is 202 g/mol. The fourth-order valence-electron chi connectivity index (χ4n) is 2.30. The van der Waals surface area contributed by atoms with E-state index in [0.717, 1.165) is 12.5 Å². The Morgan fingerprint density at radius 3 is 2.56 bits per heavy atom. The highest BCUT2D eigenvalue weighted by atomic mass is 16.4. The van der Waals surface area contributed by atoms with Gasteiger partial charge in [-0.1, -0.05) is 19.8 Å². The third-order valence-corrected chi connectivity index (χ3v) is 3.85. The Morgan fingerprint density at radius 1 is 1.38 bits per heavy atom. The van der Waals surface area contributed by atoms with Crippen LogP contribution in [0.5, 0.6) is 0 Å². The van der Waals surface area contributed by atoms with Crippen LogP contribution in [0.1, 0.15) is 52.9 Å². The zero-order valence-electron chi connectivity index (χ0n) is 10.8. The van der Waals surface area contributed by atoms with Crippen LogP contribution in [0, 0.1) is 11.3 Å². The molecule has 16 heavy (non-hydrogen) atoms. The van der Waals surface area contributed by atoms with E-state index in [0.29, 0.717) is 12.5 Å². The molecule has 1 fully saturated rings. The van der Waals surface area contributed by atoms with Crippen molar-refractivity contribution < 1.29 is 9.90 Å². The maximum atomic E-state index is 10.9. The Morgan fingerprint density at radius 2 is 2.00 bits per heavy atom. The first-order valence-electron chi connectivity index (χ1n) is 6.40. The fraction of sp³-hybridized carbons (Fsp3) is 0.923. The van der Waals surface area contributed by atoms with Crippen molar-refractivity contribution >= 4 is 5.97 Å². The predicted molar refractivity (Wildman–Crippen MR) is 65.5 cm³/mol. The molecular formula is C13H25NO2. The van der Waals surface area contributed by atoms with Gasteiger partial charge in [0.1, 0.15) is 0 Å². The van der Waals surface area contributed by atoms with Crippen molar-refractivity contribution in [3.05, 3.63) is 0 Å². The second-order valence-corrected chi connectivity index (χ2v) is 5.76. The Kier molecular flexibility index (Phi) is 4.78. The highest BCUT2D eigenvalue weighted by molar-refractivity contribution is 5.73. The first-order valence-corrected chi connectivity index (χ1v) is 6.40. The van der Waals surface area contributed by atoms with Gasteiger partial charge in [0, 0.05) is 6.04 Å². The quantitative estimate of drug-likeness (QED) is 0.759. The number of rotatable bonds is 5. The van der Waals surface area contributed by atoms with Gasteiger partial charge in [0.2, 0.25) is 0 Å². The summed E-state index contributed by atoms with van der Waals surface area (Å²) in [5.74, 6) is 0.0349. The maximum absolute atomic E-state index is 10.9. The van der Waals surface area contributed by atoms with Gasteiger partial charge >= 0.3 is 5.97 Å². The summed E-state index contributed by atoms with van der Waals surface area (Å²) in [5, 5.41) is 12.5. The van der Waals surface area contributed by atoms with Gasteiger partial charge in [-0.3, -0.25) is 4.79 Å². The SMILES string of the molecule is CC1CCCCC1NCCC(C)(C)C(=O)O. The second kappa shape index (κ2) is 5.67. The predicted octanol–water partition coefficient (Wildman–Crippen LogP) is 2.66. The summed E-state index contributed by atoms with van der Waals surface area (Å²) in [5.41, 5.74) is -0.606. The molecule has 2 unspecified atom stereocenters. The second-order valence-electron chi connectivity index (χ2n) is 5.76. The molecule has 1 aliphatic carbocycles. The summed E-state index contributed by atoms with van der Waals surface area (Å²) in [4.78, 5) is 10.9. The largest absolute Gasteiger partial charge is 0.481 e. The van der Waals surface area contributed by atoms with Gasteiger partial charge in [-0.2, -0.15) is 0 Å². The molecule has 3 heteroatoms. The molecule has 1 saturated carbocycles. The lowest BCUT2D eigenvalue weighted by Gasteiger charge is -2.30. The minimum atomic E-state index is -0.703. The number of hydrogen-bond donors (Lipinski definition) is 2. The van der Waals surface area contributed by atoms with Crippen LogP contribution in [0.15, 0.2) is 0 Å². The lowest BCUT2D eigenvalue weighted by atomic mass is 9.85. The average Bonchev–Trinajstić information content (AvgIpc) is 2.20. The summed E-state index contributed by atoms with van der Waals surface area (Å²) in [7, 11) is 0. The molecule has 0 aliphatic heterocycles. The molecule has 3 nitrogen and oxygen atoms in total. The van der Waals surface area contributed by atoms with E-state index in [1.165, 1.54) is 25.7 Å². The van der Waals surface area contributed by atoms with Crippen molar-refractivity contribution in [2.45, 2.75) is 58.9 Å². The number of carboxylic acid groups (broad SMARTS) is 1. The summed E-state index contributed by atoms with van der Waals surface area (Å²) >= 11 is 0. The highest BCUT2D eigenvalue weighted by Crippen LogP contribution is 2.24. The number of hydrogen-bond acceptors (Lipinski definition) is 2. The van der Waals surface area contributed by atoms with Gasteiger partial charge in [0.15, 0.2) is 0 Å². The Balaban J connectivity index is 2.26. The molecule has 0 spiro atoms.